The number of hydrogen-bond donors (Lipinski definition) is 2. The van der Waals surface area contributed by atoms with E-state index in [9.17, 15) is 4.79 Å². The Morgan fingerprint density at radius 1 is 1.50 bits per heavy atom. The van der Waals surface area contributed by atoms with Crippen LogP contribution in [0.5, 0.6) is 0 Å². The van der Waals surface area contributed by atoms with E-state index in [0.717, 1.165) is 0 Å². The molecule has 2 heterocycles. The Morgan fingerprint density at radius 2 is 2.25 bits per heavy atom. The van der Waals surface area contributed by atoms with Gasteiger partial charge in [-0.3, -0.25) is 4.79 Å². The third-order valence-electron chi connectivity index (χ3n) is 2.95. The van der Waals surface area contributed by atoms with Gasteiger partial charge in [0.25, 0.3) is 5.91 Å². The molecule has 0 saturated heterocycles. The van der Waals surface area contributed by atoms with E-state index >= 15 is 0 Å². The third-order valence-corrected chi connectivity index (χ3v) is 3.82. The van der Waals surface area contributed by atoms with Gasteiger partial charge in [-0.25, -0.2) is 4.98 Å². The maximum absolute atomic E-state index is 11.6. The maximum atomic E-state index is 11.6. The molecule has 0 fully saturated rings. The zero-order chi connectivity index (χ0) is 14.7. The van der Waals surface area contributed by atoms with Crippen LogP contribution in [0.1, 0.15) is 29.1 Å². The highest BCUT2D eigenvalue weighted by Gasteiger charge is 2.20. The lowest BCUT2D eigenvalue weighted by Crippen LogP contribution is -2.33. The molecule has 0 aromatic carbocycles. The van der Waals surface area contributed by atoms with Gasteiger partial charge in [0, 0.05) is 10.9 Å². The summed E-state index contributed by atoms with van der Waals surface area (Å²) in [5.74, 6) is 0.0618. The second kappa shape index (κ2) is 5.92. The predicted molar refractivity (Wildman–Crippen MR) is 82.8 cm³/mol. The number of carbonyl (C=O) groups excluding carboxylic acids is 1. The van der Waals surface area contributed by atoms with Crippen molar-refractivity contribution in [2.45, 2.75) is 26.4 Å². The van der Waals surface area contributed by atoms with Gasteiger partial charge in [-0.1, -0.05) is 6.07 Å². The van der Waals surface area contributed by atoms with Crippen LogP contribution in [-0.2, 0) is 6.54 Å². The highest BCUT2D eigenvalue weighted by atomic mass is 32.1. The van der Waals surface area contributed by atoms with Crippen molar-refractivity contribution in [1.29, 1.82) is 0 Å². The molecule has 0 aliphatic carbocycles. The number of amides is 1. The van der Waals surface area contributed by atoms with Crippen molar-refractivity contribution < 1.29 is 4.79 Å². The summed E-state index contributed by atoms with van der Waals surface area (Å²) in [6.07, 6.45) is 1.55. The van der Waals surface area contributed by atoms with Crippen molar-refractivity contribution in [3.05, 3.63) is 40.2 Å². The van der Waals surface area contributed by atoms with Crippen LogP contribution in [0.25, 0.3) is 0 Å². The molecule has 5 nitrogen and oxygen atoms in total. The van der Waals surface area contributed by atoms with E-state index in [4.69, 9.17) is 11.5 Å². The molecule has 0 atom stereocenters. The van der Waals surface area contributed by atoms with Gasteiger partial charge in [0.15, 0.2) is 0 Å². The van der Waals surface area contributed by atoms with Crippen LogP contribution in [0.2, 0.25) is 0 Å². The van der Waals surface area contributed by atoms with Crippen LogP contribution < -0.4 is 16.4 Å². The number of thiophene rings is 1. The van der Waals surface area contributed by atoms with E-state index in [1.54, 1.807) is 23.6 Å². The summed E-state index contributed by atoms with van der Waals surface area (Å²) >= 11 is 1.67. The lowest BCUT2D eigenvalue weighted by atomic mass is 10.2. The minimum absolute atomic E-state index is 0.186. The van der Waals surface area contributed by atoms with E-state index in [0.29, 0.717) is 23.6 Å². The van der Waals surface area contributed by atoms with Gasteiger partial charge in [0.1, 0.15) is 5.82 Å². The average molecular weight is 290 g/mol. The van der Waals surface area contributed by atoms with Gasteiger partial charge in [-0.2, -0.15) is 0 Å². The number of aromatic nitrogens is 1. The first-order valence-corrected chi connectivity index (χ1v) is 7.21. The molecule has 2 rings (SSSR count). The van der Waals surface area contributed by atoms with Gasteiger partial charge in [-0.05, 0) is 31.4 Å². The molecule has 1 amide bonds. The summed E-state index contributed by atoms with van der Waals surface area (Å²) < 4.78 is 0. The fourth-order valence-corrected chi connectivity index (χ4v) is 2.66. The molecule has 106 valence electrons. The van der Waals surface area contributed by atoms with Crippen molar-refractivity contribution in [3.8, 4) is 0 Å². The van der Waals surface area contributed by atoms with Crippen LogP contribution in [0.4, 0.5) is 11.5 Å². The van der Waals surface area contributed by atoms with Gasteiger partial charge in [0.05, 0.1) is 24.0 Å². The Hall–Kier alpha value is -2.08. The number of primary amides is 1. The number of hydrogen-bond acceptors (Lipinski definition) is 5. The molecule has 0 aliphatic rings. The predicted octanol–water partition coefficient (Wildman–Crippen LogP) is 2.24. The minimum Gasteiger partial charge on any atom is -0.397 e. The average Bonchev–Trinajstić information content (AvgIpc) is 2.89. The summed E-state index contributed by atoms with van der Waals surface area (Å²) in [6, 6.07) is 5.82. The monoisotopic (exact) mass is 290 g/mol. The molecular weight excluding hydrogens is 272 g/mol. The minimum atomic E-state index is -0.517. The topological polar surface area (TPSA) is 85.2 Å². The zero-order valence-electron chi connectivity index (χ0n) is 11.5. The fourth-order valence-electron chi connectivity index (χ4n) is 1.96. The second-order valence-corrected chi connectivity index (χ2v) is 5.84. The van der Waals surface area contributed by atoms with Crippen LogP contribution >= 0.6 is 11.3 Å². The Kier molecular flexibility index (Phi) is 4.24. The molecular formula is C14H18N4OS. The molecule has 0 bridgehead atoms. The smallest absolute Gasteiger partial charge is 0.252 e. The van der Waals surface area contributed by atoms with Gasteiger partial charge < -0.3 is 16.4 Å². The number of rotatable bonds is 5. The van der Waals surface area contributed by atoms with Gasteiger partial charge in [0.2, 0.25) is 0 Å². The van der Waals surface area contributed by atoms with Gasteiger partial charge >= 0.3 is 0 Å². The molecule has 0 unspecified atom stereocenters. The standard InChI is InChI=1S/C14H18N4OS/c1-9(2)18(8-11-4-3-5-20-11)14-12(13(16)19)6-10(15)7-17-14/h3-7,9H,8,15H2,1-2H3,(H2,16,19). The molecule has 0 spiro atoms. The van der Waals surface area contributed by atoms with Crippen LogP contribution in [0, 0.1) is 0 Å². The van der Waals surface area contributed by atoms with Crippen LogP contribution in [-0.4, -0.2) is 16.9 Å². The summed E-state index contributed by atoms with van der Waals surface area (Å²) in [7, 11) is 0. The van der Waals surface area contributed by atoms with E-state index in [-0.39, 0.29) is 6.04 Å². The quantitative estimate of drug-likeness (QED) is 0.884. The highest BCUT2D eigenvalue weighted by molar-refractivity contribution is 7.09. The zero-order valence-corrected chi connectivity index (χ0v) is 12.4. The number of anilines is 2. The number of carbonyl (C=O) groups is 1. The van der Waals surface area contributed by atoms with Crippen LogP contribution in [0.15, 0.2) is 29.8 Å². The van der Waals surface area contributed by atoms with Crippen molar-refractivity contribution in [2.24, 2.45) is 5.73 Å². The van der Waals surface area contributed by atoms with E-state index in [2.05, 4.69) is 24.9 Å². The first kappa shape index (κ1) is 14.3. The SMILES string of the molecule is CC(C)N(Cc1cccs1)c1ncc(N)cc1C(N)=O. The number of pyridine rings is 1. The summed E-state index contributed by atoms with van der Waals surface area (Å²) in [4.78, 5) is 19.2. The normalized spacial score (nSPS) is 10.8. The van der Waals surface area contributed by atoms with Crippen LogP contribution in [0.3, 0.4) is 0 Å². The van der Waals surface area contributed by atoms with E-state index in [1.807, 2.05) is 16.3 Å². The molecule has 0 radical (unpaired) electrons. The van der Waals surface area contributed by atoms with Crippen molar-refractivity contribution in [1.82, 2.24) is 4.98 Å². The fraction of sp³-hybridized carbons (Fsp3) is 0.286. The molecule has 2 aromatic heterocycles. The number of nitrogens with zero attached hydrogens (tertiary/aromatic N) is 2. The molecule has 6 heteroatoms. The van der Waals surface area contributed by atoms with Crippen molar-refractivity contribution >= 4 is 28.7 Å². The Balaban J connectivity index is 2.41. The summed E-state index contributed by atoms with van der Waals surface area (Å²) in [5.41, 5.74) is 11.9. The maximum Gasteiger partial charge on any atom is 0.252 e. The largest absolute Gasteiger partial charge is 0.397 e. The number of nitrogen functional groups attached to an aromatic ring is 1. The highest BCUT2D eigenvalue weighted by Crippen LogP contribution is 2.25. The Bertz CT molecular complexity index is 595. The molecule has 0 saturated carbocycles. The van der Waals surface area contributed by atoms with E-state index in [1.165, 1.54) is 4.88 Å². The van der Waals surface area contributed by atoms with Crippen molar-refractivity contribution in [3.63, 3.8) is 0 Å². The number of nitrogens with two attached hydrogens (primary N) is 2. The first-order valence-electron chi connectivity index (χ1n) is 6.33. The van der Waals surface area contributed by atoms with Crippen molar-refractivity contribution in [2.75, 3.05) is 10.6 Å². The molecule has 0 aliphatic heterocycles. The Labute approximate surface area is 122 Å². The van der Waals surface area contributed by atoms with Gasteiger partial charge in [-0.15, -0.1) is 11.3 Å². The second-order valence-electron chi connectivity index (χ2n) is 4.81. The lowest BCUT2D eigenvalue weighted by Gasteiger charge is -2.28. The van der Waals surface area contributed by atoms with E-state index < -0.39 is 5.91 Å². The molecule has 2 aromatic rings. The lowest BCUT2D eigenvalue weighted by molar-refractivity contribution is 0.100. The molecule has 20 heavy (non-hydrogen) atoms. The third kappa shape index (κ3) is 3.08. The summed E-state index contributed by atoms with van der Waals surface area (Å²) in [6.45, 7) is 4.79. The molecule has 4 N–H and O–H groups in total. The first-order chi connectivity index (χ1) is 9.49. The Morgan fingerprint density at radius 3 is 2.80 bits per heavy atom. The summed E-state index contributed by atoms with van der Waals surface area (Å²) in [5, 5.41) is 2.03.